The van der Waals surface area contributed by atoms with Crippen LogP contribution in [0.3, 0.4) is 0 Å². The van der Waals surface area contributed by atoms with Gasteiger partial charge in [0, 0.05) is 11.9 Å². The molecular formula is C12H18ClNO2S. The van der Waals surface area contributed by atoms with Gasteiger partial charge in [0.05, 0.1) is 5.75 Å². The van der Waals surface area contributed by atoms with E-state index in [4.69, 9.17) is 11.6 Å². The Hall–Kier alpha value is -0.580. The first-order valence-corrected chi connectivity index (χ1v) is 7.74. The second-order valence-electron chi connectivity index (χ2n) is 4.16. The van der Waals surface area contributed by atoms with Crippen LogP contribution in [0, 0.1) is 6.92 Å². The summed E-state index contributed by atoms with van der Waals surface area (Å²) in [5, 5.41) is 0. The van der Waals surface area contributed by atoms with E-state index < -0.39 is 10.0 Å². The monoisotopic (exact) mass is 275 g/mol. The van der Waals surface area contributed by atoms with Crippen LogP contribution in [0.5, 0.6) is 0 Å². The molecule has 0 aliphatic rings. The van der Waals surface area contributed by atoms with Crippen molar-refractivity contribution in [2.45, 2.75) is 26.3 Å². The molecule has 1 unspecified atom stereocenters. The Balaban J connectivity index is 2.62. The zero-order valence-electron chi connectivity index (χ0n) is 10.1. The fraction of sp³-hybridized carbons (Fsp3) is 0.500. The molecule has 17 heavy (non-hydrogen) atoms. The topological polar surface area (TPSA) is 46.2 Å². The van der Waals surface area contributed by atoms with Crippen molar-refractivity contribution in [3.8, 4) is 0 Å². The zero-order valence-corrected chi connectivity index (χ0v) is 11.7. The van der Waals surface area contributed by atoms with Crippen molar-refractivity contribution in [3.63, 3.8) is 0 Å². The SMILES string of the molecule is Cc1ccccc1CC(C)NS(=O)(=O)CCCl. The second-order valence-corrected chi connectivity index (χ2v) is 6.41. The molecule has 1 atom stereocenters. The van der Waals surface area contributed by atoms with E-state index in [-0.39, 0.29) is 17.7 Å². The van der Waals surface area contributed by atoms with Crippen molar-refractivity contribution >= 4 is 21.6 Å². The van der Waals surface area contributed by atoms with Crippen LogP contribution in [0.25, 0.3) is 0 Å². The minimum atomic E-state index is -3.25. The lowest BCUT2D eigenvalue weighted by atomic mass is 10.0. The fourth-order valence-electron chi connectivity index (χ4n) is 1.68. The van der Waals surface area contributed by atoms with E-state index in [1.807, 2.05) is 38.1 Å². The Kier molecular flexibility index (Phi) is 5.43. The van der Waals surface area contributed by atoms with Crippen molar-refractivity contribution in [1.82, 2.24) is 4.72 Å². The highest BCUT2D eigenvalue weighted by molar-refractivity contribution is 7.89. The predicted octanol–water partition coefficient (Wildman–Crippen LogP) is 2.08. The van der Waals surface area contributed by atoms with Crippen molar-refractivity contribution in [2.75, 3.05) is 11.6 Å². The molecule has 1 rings (SSSR count). The Morgan fingerprint density at radius 1 is 1.35 bits per heavy atom. The van der Waals surface area contributed by atoms with Gasteiger partial charge in [-0.05, 0) is 31.4 Å². The molecule has 1 N–H and O–H groups in total. The lowest BCUT2D eigenvalue weighted by Crippen LogP contribution is -2.36. The summed E-state index contributed by atoms with van der Waals surface area (Å²) in [5.74, 6) is 0.0824. The largest absolute Gasteiger partial charge is 0.213 e. The highest BCUT2D eigenvalue weighted by Gasteiger charge is 2.14. The van der Waals surface area contributed by atoms with E-state index in [1.165, 1.54) is 5.56 Å². The van der Waals surface area contributed by atoms with E-state index in [1.54, 1.807) is 0 Å². The number of alkyl halides is 1. The first-order valence-electron chi connectivity index (χ1n) is 5.55. The summed E-state index contributed by atoms with van der Waals surface area (Å²) in [6.45, 7) is 3.88. The molecule has 0 amide bonds. The molecule has 0 bridgehead atoms. The summed E-state index contributed by atoms with van der Waals surface area (Å²) in [5.41, 5.74) is 2.34. The maximum absolute atomic E-state index is 11.5. The quantitative estimate of drug-likeness (QED) is 0.808. The summed E-state index contributed by atoms with van der Waals surface area (Å²) in [4.78, 5) is 0. The van der Waals surface area contributed by atoms with Gasteiger partial charge in [-0.1, -0.05) is 24.3 Å². The summed E-state index contributed by atoms with van der Waals surface area (Å²) >= 11 is 5.44. The molecule has 0 fully saturated rings. The van der Waals surface area contributed by atoms with Crippen LogP contribution >= 0.6 is 11.6 Å². The number of benzene rings is 1. The lowest BCUT2D eigenvalue weighted by molar-refractivity contribution is 0.561. The molecule has 0 radical (unpaired) electrons. The molecule has 5 heteroatoms. The normalized spacial score (nSPS) is 13.6. The summed E-state index contributed by atoms with van der Waals surface area (Å²) < 4.78 is 25.7. The third kappa shape index (κ3) is 5.06. The Bertz CT molecular complexity index is 459. The molecule has 1 aromatic rings. The van der Waals surface area contributed by atoms with E-state index in [9.17, 15) is 8.42 Å². The van der Waals surface area contributed by atoms with Crippen LogP contribution in [-0.4, -0.2) is 26.1 Å². The molecule has 0 heterocycles. The average molecular weight is 276 g/mol. The minimum Gasteiger partial charge on any atom is -0.212 e. The summed E-state index contributed by atoms with van der Waals surface area (Å²) in [6, 6.07) is 7.85. The molecule has 96 valence electrons. The van der Waals surface area contributed by atoms with Gasteiger partial charge in [0.2, 0.25) is 10.0 Å². The van der Waals surface area contributed by atoms with Crippen LogP contribution in [0.4, 0.5) is 0 Å². The number of halogens is 1. The molecule has 0 saturated carbocycles. The van der Waals surface area contributed by atoms with E-state index >= 15 is 0 Å². The molecule has 0 spiro atoms. The summed E-state index contributed by atoms with van der Waals surface area (Å²) in [7, 11) is -3.25. The average Bonchev–Trinajstić information content (AvgIpc) is 2.20. The number of rotatable bonds is 6. The predicted molar refractivity (Wildman–Crippen MR) is 72.0 cm³/mol. The van der Waals surface area contributed by atoms with Gasteiger partial charge in [0.15, 0.2) is 0 Å². The molecule has 3 nitrogen and oxygen atoms in total. The Morgan fingerprint density at radius 3 is 2.59 bits per heavy atom. The van der Waals surface area contributed by atoms with Gasteiger partial charge in [-0.25, -0.2) is 13.1 Å². The third-order valence-corrected chi connectivity index (χ3v) is 4.43. The molecule has 0 aliphatic carbocycles. The van der Waals surface area contributed by atoms with Crippen LogP contribution in [0.1, 0.15) is 18.1 Å². The lowest BCUT2D eigenvalue weighted by Gasteiger charge is -2.15. The number of hydrogen-bond acceptors (Lipinski definition) is 2. The zero-order chi connectivity index (χ0) is 12.9. The Labute approximate surface area is 108 Å². The molecule has 0 aromatic heterocycles. The maximum Gasteiger partial charge on any atom is 0.213 e. The van der Waals surface area contributed by atoms with Gasteiger partial charge in [-0.15, -0.1) is 11.6 Å². The fourth-order valence-corrected chi connectivity index (χ4v) is 3.30. The van der Waals surface area contributed by atoms with E-state index in [2.05, 4.69) is 4.72 Å². The van der Waals surface area contributed by atoms with Gasteiger partial charge in [0.25, 0.3) is 0 Å². The maximum atomic E-state index is 11.5. The van der Waals surface area contributed by atoms with Gasteiger partial charge >= 0.3 is 0 Å². The van der Waals surface area contributed by atoms with Crippen molar-refractivity contribution in [1.29, 1.82) is 0 Å². The van der Waals surface area contributed by atoms with E-state index in [0.29, 0.717) is 6.42 Å². The van der Waals surface area contributed by atoms with Gasteiger partial charge in [0.1, 0.15) is 0 Å². The van der Waals surface area contributed by atoms with E-state index in [0.717, 1.165) is 5.56 Å². The number of hydrogen-bond donors (Lipinski definition) is 1. The van der Waals surface area contributed by atoms with Crippen molar-refractivity contribution in [3.05, 3.63) is 35.4 Å². The van der Waals surface area contributed by atoms with Gasteiger partial charge < -0.3 is 0 Å². The highest BCUT2D eigenvalue weighted by atomic mass is 35.5. The van der Waals surface area contributed by atoms with Crippen LogP contribution in [-0.2, 0) is 16.4 Å². The third-order valence-electron chi connectivity index (χ3n) is 2.51. The molecule has 0 saturated heterocycles. The van der Waals surface area contributed by atoms with Crippen LogP contribution < -0.4 is 4.72 Å². The number of nitrogens with one attached hydrogen (secondary N) is 1. The minimum absolute atomic E-state index is 0.0351. The Morgan fingerprint density at radius 2 is 2.00 bits per heavy atom. The second kappa shape index (κ2) is 6.38. The van der Waals surface area contributed by atoms with Crippen molar-refractivity contribution < 1.29 is 8.42 Å². The highest BCUT2D eigenvalue weighted by Crippen LogP contribution is 2.10. The first-order chi connectivity index (χ1) is 7.94. The smallest absolute Gasteiger partial charge is 0.212 e. The van der Waals surface area contributed by atoms with Crippen LogP contribution in [0.15, 0.2) is 24.3 Å². The van der Waals surface area contributed by atoms with Crippen LogP contribution in [0.2, 0.25) is 0 Å². The van der Waals surface area contributed by atoms with Gasteiger partial charge in [-0.3, -0.25) is 0 Å². The molecule has 1 aromatic carbocycles. The molecule has 0 aliphatic heterocycles. The first kappa shape index (κ1) is 14.5. The van der Waals surface area contributed by atoms with Crippen molar-refractivity contribution in [2.24, 2.45) is 0 Å². The van der Waals surface area contributed by atoms with Gasteiger partial charge in [-0.2, -0.15) is 0 Å². The molecular weight excluding hydrogens is 258 g/mol. The number of sulfonamides is 1. The number of aryl methyl sites for hydroxylation is 1. The standard InChI is InChI=1S/C12H18ClNO2S/c1-10-5-3-4-6-12(10)9-11(2)14-17(15,16)8-7-13/h3-6,11,14H,7-9H2,1-2H3. The summed E-state index contributed by atoms with van der Waals surface area (Å²) in [6.07, 6.45) is 0.689.